The molecule has 0 aliphatic heterocycles. The van der Waals surface area contributed by atoms with Gasteiger partial charge in [-0.2, -0.15) is 0 Å². The largest absolute Gasteiger partial charge is 0.310 e. The number of halogens is 3. The summed E-state index contributed by atoms with van der Waals surface area (Å²) < 4.78 is 0.994. The smallest absolute Gasteiger partial charge is 0.0449 e. The van der Waals surface area contributed by atoms with Crippen LogP contribution in [0.1, 0.15) is 24.1 Å². The zero-order valence-corrected chi connectivity index (χ0v) is 14.3. The van der Waals surface area contributed by atoms with E-state index in [1.165, 1.54) is 5.56 Å². The van der Waals surface area contributed by atoms with Crippen molar-refractivity contribution in [3.05, 3.63) is 68.1 Å². The van der Waals surface area contributed by atoms with Crippen LogP contribution in [0.4, 0.5) is 0 Å². The Hall–Kier alpha value is -0.540. The Morgan fingerprint density at radius 1 is 1.15 bits per heavy atom. The maximum Gasteiger partial charge on any atom is 0.0449 e. The molecular weight excluding hydrogens is 357 g/mol. The highest BCUT2D eigenvalue weighted by atomic mass is 79.9. The molecule has 0 saturated carbocycles. The van der Waals surface area contributed by atoms with Gasteiger partial charge in [-0.3, -0.25) is 0 Å². The summed E-state index contributed by atoms with van der Waals surface area (Å²) in [5.41, 5.74) is 2.30. The minimum absolute atomic E-state index is 0.206. The Morgan fingerprint density at radius 3 is 2.60 bits per heavy atom. The molecule has 2 rings (SSSR count). The van der Waals surface area contributed by atoms with Crippen LogP contribution in [0.15, 0.2) is 46.9 Å². The minimum Gasteiger partial charge on any atom is -0.310 e. The maximum absolute atomic E-state index is 6.31. The molecule has 1 atom stereocenters. The topological polar surface area (TPSA) is 12.0 Å². The first kappa shape index (κ1) is 15.8. The average molecular weight is 373 g/mol. The van der Waals surface area contributed by atoms with Gasteiger partial charge in [0.25, 0.3) is 0 Å². The molecule has 20 heavy (non-hydrogen) atoms. The molecule has 2 aromatic carbocycles. The van der Waals surface area contributed by atoms with Gasteiger partial charge in [-0.05, 0) is 48.4 Å². The Labute approximate surface area is 138 Å². The Balaban J connectivity index is 2.25. The number of nitrogens with one attached hydrogen (secondary N) is 1. The molecule has 0 aromatic heterocycles. The standard InChI is InChI=1S/C16H16BrCl2N/c1-2-20-16(12-4-3-5-14(18)8-12)9-11-6-7-13(17)10-15(11)19/h3-8,10,16,20H,2,9H2,1H3. The first-order valence-electron chi connectivity index (χ1n) is 6.53. The zero-order valence-electron chi connectivity index (χ0n) is 11.2. The summed E-state index contributed by atoms with van der Waals surface area (Å²) >= 11 is 15.8. The number of hydrogen-bond acceptors (Lipinski definition) is 1. The first-order valence-corrected chi connectivity index (χ1v) is 8.08. The second-order valence-corrected chi connectivity index (χ2v) is 6.36. The van der Waals surface area contributed by atoms with Crippen molar-refractivity contribution in [2.24, 2.45) is 0 Å². The fourth-order valence-electron chi connectivity index (χ4n) is 2.18. The van der Waals surface area contributed by atoms with Crippen molar-refractivity contribution in [2.75, 3.05) is 6.54 Å². The normalized spacial score (nSPS) is 12.4. The Kier molecular flexibility index (Phi) is 5.91. The average Bonchev–Trinajstić information content (AvgIpc) is 2.41. The third-order valence-corrected chi connectivity index (χ3v) is 4.22. The van der Waals surface area contributed by atoms with Gasteiger partial charge in [-0.25, -0.2) is 0 Å². The van der Waals surface area contributed by atoms with E-state index >= 15 is 0 Å². The number of benzene rings is 2. The van der Waals surface area contributed by atoms with Gasteiger partial charge in [0, 0.05) is 20.6 Å². The molecule has 0 heterocycles. The fraction of sp³-hybridized carbons (Fsp3) is 0.250. The van der Waals surface area contributed by atoms with E-state index in [1.54, 1.807) is 0 Å². The van der Waals surface area contributed by atoms with Crippen LogP contribution in [0.5, 0.6) is 0 Å². The van der Waals surface area contributed by atoms with Gasteiger partial charge < -0.3 is 5.32 Å². The van der Waals surface area contributed by atoms with Crippen molar-refractivity contribution in [1.29, 1.82) is 0 Å². The maximum atomic E-state index is 6.31. The first-order chi connectivity index (χ1) is 9.60. The molecule has 2 aromatic rings. The van der Waals surface area contributed by atoms with Gasteiger partial charge in [-0.15, -0.1) is 0 Å². The van der Waals surface area contributed by atoms with Gasteiger partial charge in [0.05, 0.1) is 0 Å². The molecule has 0 radical (unpaired) electrons. The van der Waals surface area contributed by atoms with Crippen LogP contribution in [-0.4, -0.2) is 6.54 Å². The summed E-state index contributed by atoms with van der Waals surface area (Å²) in [6.07, 6.45) is 0.834. The number of hydrogen-bond donors (Lipinski definition) is 1. The van der Waals surface area contributed by atoms with Crippen LogP contribution in [-0.2, 0) is 6.42 Å². The lowest BCUT2D eigenvalue weighted by molar-refractivity contribution is 0.550. The van der Waals surface area contributed by atoms with Gasteiger partial charge >= 0.3 is 0 Å². The molecule has 0 spiro atoms. The van der Waals surface area contributed by atoms with Gasteiger partial charge in [0.1, 0.15) is 0 Å². The molecule has 0 aliphatic rings. The van der Waals surface area contributed by atoms with Crippen LogP contribution in [0.25, 0.3) is 0 Å². The summed E-state index contributed by atoms with van der Waals surface area (Å²) in [5, 5.41) is 5.03. The van der Waals surface area contributed by atoms with E-state index in [-0.39, 0.29) is 6.04 Å². The Morgan fingerprint density at radius 2 is 1.95 bits per heavy atom. The molecule has 1 N–H and O–H groups in total. The van der Waals surface area contributed by atoms with Gasteiger partial charge in [-0.1, -0.05) is 64.3 Å². The van der Waals surface area contributed by atoms with E-state index < -0.39 is 0 Å². The number of rotatable bonds is 5. The van der Waals surface area contributed by atoms with Crippen molar-refractivity contribution >= 4 is 39.1 Å². The summed E-state index contributed by atoms with van der Waals surface area (Å²) in [6.45, 7) is 2.99. The highest BCUT2D eigenvalue weighted by Crippen LogP contribution is 2.27. The van der Waals surface area contributed by atoms with Crippen LogP contribution in [0, 0.1) is 0 Å². The van der Waals surface area contributed by atoms with Crippen molar-refractivity contribution in [1.82, 2.24) is 5.32 Å². The van der Waals surface area contributed by atoms with Gasteiger partial charge in [0.15, 0.2) is 0 Å². The van der Waals surface area contributed by atoms with Gasteiger partial charge in [0.2, 0.25) is 0 Å². The Bertz CT molecular complexity index is 586. The second kappa shape index (κ2) is 7.46. The van der Waals surface area contributed by atoms with E-state index in [1.807, 2.05) is 30.3 Å². The van der Waals surface area contributed by atoms with Crippen molar-refractivity contribution in [3.8, 4) is 0 Å². The molecule has 0 amide bonds. The molecule has 106 valence electrons. The summed E-state index contributed by atoms with van der Waals surface area (Å²) in [7, 11) is 0. The van der Waals surface area contributed by atoms with Crippen LogP contribution in [0.3, 0.4) is 0 Å². The highest BCUT2D eigenvalue weighted by Gasteiger charge is 2.13. The van der Waals surface area contributed by atoms with Crippen molar-refractivity contribution in [3.63, 3.8) is 0 Å². The van der Waals surface area contributed by atoms with E-state index in [0.29, 0.717) is 0 Å². The molecule has 0 aliphatic carbocycles. The van der Waals surface area contributed by atoms with E-state index in [4.69, 9.17) is 23.2 Å². The van der Waals surface area contributed by atoms with E-state index in [9.17, 15) is 0 Å². The second-order valence-electron chi connectivity index (χ2n) is 4.61. The lowest BCUT2D eigenvalue weighted by Gasteiger charge is -2.19. The predicted molar refractivity (Wildman–Crippen MR) is 90.7 cm³/mol. The molecule has 0 bridgehead atoms. The van der Waals surface area contributed by atoms with Crippen LogP contribution in [0.2, 0.25) is 10.0 Å². The van der Waals surface area contributed by atoms with Crippen molar-refractivity contribution in [2.45, 2.75) is 19.4 Å². The van der Waals surface area contributed by atoms with E-state index in [0.717, 1.165) is 33.0 Å². The fourth-order valence-corrected chi connectivity index (χ4v) is 3.13. The highest BCUT2D eigenvalue weighted by molar-refractivity contribution is 9.10. The summed E-state index contributed by atoms with van der Waals surface area (Å²) in [6, 6.07) is 14.2. The lowest BCUT2D eigenvalue weighted by atomic mass is 9.99. The molecule has 1 unspecified atom stereocenters. The van der Waals surface area contributed by atoms with Crippen LogP contribution < -0.4 is 5.32 Å². The third-order valence-electron chi connectivity index (χ3n) is 3.14. The third kappa shape index (κ3) is 4.23. The lowest BCUT2D eigenvalue weighted by Crippen LogP contribution is -2.23. The van der Waals surface area contributed by atoms with Crippen molar-refractivity contribution < 1.29 is 0 Å². The molecular formula is C16H16BrCl2N. The minimum atomic E-state index is 0.206. The SMILES string of the molecule is CCNC(Cc1ccc(Br)cc1Cl)c1cccc(Cl)c1. The molecule has 1 nitrogen and oxygen atoms in total. The summed E-state index contributed by atoms with van der Waals surface area (Å²) in [4.78, 5) is 0. The quantitative estimate of drug-likeness (QED) is 0.714. The molecule has 4 heteroatoms. The molecule has 0 fully saturated rings. The molecule has 0 saturated heterocycles. The predicted octanol–water partition coefficient (Wildman–Crippen LogP) is 5.65. The zero-order chi connectivity index (χ0) is 14.5. The number of likely N-dealkylation sites (N-methyl/N-ethyl adjacent to an activating group) is 1. The van der Waals surface area contributed by atoms with Crippen LogP contribution >= 0.6 is 39.1 Å². The van der Waals surface area contributed by atoms with E-state index in [2.05, 4.69) is 40.3 Å². The monoisotopic (exact) mass is 371 g/mol. The summed E-state index contributed by atoms with van der Waals surface area (Å²) in [5.74, 6) is 0.